The van der Waals surface area contributed by atoms with E-state index in [1.54, 1.807) is 0 Å². The molecule has 0 nitrogen and oxygen atoms in total. The second kappa shape index (κ2) is 2.66. The summed E-state index contributed by atoms with van der Waals surface area (Å²) in [5.41, 5.74) is 0.203. The molecule has 1 aliphatic carbocycles. The fourth-order valence-corrected chi connectivity index (χ4v) is 0.783. The third kappa shape index (κ3) is 3.56. The van der Waals surface area contributed by atoms with Crippen LogP contribution in [0.3, 0.4) is 0 Å². The molecule has 1 fully saturated rings. The molecule has 56 valence electrons. The maximum Gasteiger partial charge on any atom is 0.0230 e. The minimum absolute atomic E-state index is 0.203. The van der Waals surface area contributed by atoms with Gasteiger partial charge in [0.2, 0.25) is 0 Å². The Morgan fingerprint density at radius 1 is 1.30 bits per heavy atom. The highest BCUT2D eigenvalue weighted by atomic mass is 14.2. The van der Waals surface area contributed by atoms with Gasteiger partial charge in [-0.2, -0.15) is 0 Å². The van der Waals surface area contributed by atoms with Crippen LogP contribution in [0, 0.1) is 23.2 Å². The van der Waals surface area contributed by atoms with Gasteiger partial charge in [-0.05, 0) is 39.5 Å². The van der Waals surface area contributed by atoms with E-state index in [2.05, 4.69) is 32.6 Å². The quantitative estimate of drug-likeness (QED) is 0.486. The summed E-state index contributed by atoms with van der Waals surface area (Å²) in [5, 5.41) is 0. The Morgan fingerprint density at radius 2 is 1.90 bits per heavy atom. The van der Waals surface area contributed by atoms with Crippen molar-refractivity contribution in [3.8, 4) is 11.8 Å². The summed E-state index contributed by atoms with van der Waals surface area (Å²) in [6.07, 6.45) is 3.97. The average Bonchev–Trinajstić information content (AvgIpc) is 2.45. The molecule has 0 aromatic carbocycles. The van der Waals surface area contributed by atoms with Crippen molar-refractivity contribution in [2.75, 3.05) is 0 Å². The van der Waals surface area contributed by atoms with Crippen LogP contribution < -0.4 is 0 Å². The minimum atomic E-state index is 0.203. The van der Waals surface area contributed by atoms with Gasteiger partial charge in [-0.15, -0.1) is 5.92 Å². The predicted octanol–water partition coefficient (Wildman–Crippen LogP) is 2.84. The molecule has 0 amide bonds. The molecule has 1 aliphatic rings. The van der Waals surface area contributed by atoms with Crippen LogP contribution >= 0.6 is 0 Å². The second-order valence-corrected chi connectivity index (χ2v) is 4.20. The van der Waals surface area contributed by atoms with E-state index in [1.165, 1.54) is 12.8 Å². The van der Waals surface area contributed by atoms with Crippen LogP contribution in [-0.2, 0) is 0 Å². The topological polar surface area (TPSA) is 0 Å². The van der Waals surface area contributed by atoms with Gasteiger partial charge in [0.1, 0.15) is 0 Å². The summed E-state index contributed by atoms with van der Waals surface area (Å²) >= 11 is 0. The predicted molar refractivity (Wildman–Crippen MR) is 44.6 cm³/mol. The summed E-state index contributed by atoms with van der Waals surface area (Å²) < 4.78 is 0. The highest BCUT2D eigenvalue weighted by Gasteiger charge is 2.19. The maximum atomic E-state index is 3.24. The molecule has 0 atom stereocenters. The molecule has 1 rings (SSSR count). The summed E-state index contributed by atoms with van der Waals surface area (Å²) in [6.45, 7) is 6.48. The van der Waals surface area contributed by atoms with E-state index in [0.717, 1.165) is 12.3 Å². The Labute approximate surface area is 64.0 Å². The molecule has 0 N–H and O–H groups in total. The normalized spacial score (nSPS) is 17.9. The lowest BCUT2D eigenvalue weighted by Crippen LogP contribution is -1.99. The molecular weight excluding hydrogens is 120 g/mol. The van der Waals surface area contributed by atoms with E-state index in [1.807, 2.05) is 0 Å². The molecule has 0 saturated heterocycles. The Balaban J connectivity index is 2.23. The Morgan fingerprint density at radius 3 is 2.30 bits per heavy atom. The van der Waals surface area contributed by atoms with E-state index >= 15 is 0 Å². The molecule has 0 heterocycles. The molecule has 0 unspecified atom stereocenters. The molecule has 10 heavy (non-hydrogen) atoms. The van der Waals surface area contributed by atoms with Crippen LogP contribution in [-0.4, -0.2) is 0 Å². The first-order valence-electron chi connectivity index (χ1n) is 4.08. The number of hydrogen-bond donors (Lipinski definition) is 0. The zero-order chi connectivity index (χ0) is 7.61. The first-order valence-corrected chi connectivity index (χ1v) is 4.08. The van der Waals surface area contributed by atoms with Crippen LogP contribution in [0.5, 0.6) is 0 Å². The van der Waals surface area contributed by atoms with Crippen molar-refractivity contribution in [3.63, 3.8) is 0 Å². The Hall–Kier alpha value is -0.440. The zero-order valence-electron chi connectivity index (χ0n) is 7.20. The van der Waals surface area contributed by atoms with E-state index < -0.39 is 0 Å². The average molecular weight is 136 g/mol. The SMILES string of the molecule is CC(C)(C)C#CCC1CC1. The largest absolute Gasteiger partial charge is 0.102 e. The van der Waals surface area contributed by atoms with Gasteiger partial charge in [-0.3, -0.25) is 0 Å². The molecule has 0 aromatic heterocycles. The van der Waals surface area contributed by atoms with Crippen molar-refractivity contribution in [2.24, 2.45) is 11.3 Å². The van der Waals surface area contributed by atoms with Crippen molar-refractivity contribution < 1.29 is 0 Å². The number of hydrogen-bond acceptors (Lipinski definition) is 0. The lowest BCUT2D eigenvalue weighted by Gasteiger charge is -2.06. The summed E-state index contributed by atoms with van der Waals surface area (Å²) in [5.74, 6) is 7.43. The van der Waals surface area contributed by atoms with Crippen LogP contribution in [0.2, 0.25) is 0 Å². The molecule has 0 heteroatoms. The summed E-state index contributed by atoms with van der Waals surface area (Å²) in [7, 11) is 0. The monoisotopic (exact) mass is 136 g/mol. The van der Waals surface area contributed by atoms with Crippen molar-refractivity contribution in [2.45, 2.75) is 40.0 Å². The standard InChI is InChI=1S/C10H16/c1-10(2,3)8-4-5-9-6-7-9/h9H,5-7H2,1-3H3. The molecule has 1 saturated carbocycles. The van der Waals surface area contributed by atoms with E-state index in [9.17, 15) is 0 Å². The fourth-order valence-electron chi connectivity index (χ4n) is 0.783. The lowest BCUT2D eigenvalue weighted by molar-refractivity contribution is 0.569. The molecule has 0 spiro atoms. The first-order chi connectivity index (χ1) is 4.58. The molecule has 0 aromatic rings. The van der Waals surface area contributed by atoms with E-state index in [-0.39, 0.29) is 5.41 Å². The van der Waals surface area contributed by atoms with Gasteiger partial charge in [0.15, 0.2) is 0 Å². The molecule has 0 radical (unpaired) electrons. The molecule has 0 bridgehead atoms. The van der Waals surface area contributed by atoms with Gasteiger partial charge in [-0.1, -0.05) is 5.92 Å². The van der Waals surface area contributed by atoms with Gasteiger partial charge >= 0.3 is 0 Å². The summed E-state index contributed by atoms with van der Waals surface area (Å²) in [4.78, 5) is 0. The smallest absolute Gasteiger partial charge is 0.0230 e. The van der Waals surface area contributed by atoms with Crippen molar-refractivity contribution in [1.82, 2.24) is 0 Å². The third-order valence-electron chi connectivity index (χ3n) is 1.55. The molecular formula is C10H16. The third-order valence-corrected chi connectivity index (χ3v) is 1.55. The Kier molecular flexibility index (Phi) is 2.04. The van der Waals surface area contributed by atoms with Crippen molar-refractivity contribution >= 4 is 0 Å². The number of rotatable bonds is 1. The van der Waals surface area contributed by atoms with Gasteiger partial charge in [0, 0.05) is 11.8 Å². The highest BCUT2D eigenvalue weighted by Crippen LogP contribution is 2.31. The van der Waals surface area contributed by atoms with Crippen LogP contribution in [0.4, 0.5) is 0 Å². The van der Waals surface area contributed by atoms with Crippen molar-refractivity contribution in [3.05, 3.63) is 0 Å². The first kappa shape index (κ1) is 7.66. The van der Waals surface area contributed by atoms with E-state index in [0.29, 0.717) is 0 Å². The van der Waals surface area contributed by atoms with Crippen molar-refractivity contribution in [1.29, 1.82) is 0 Å². The summed E-state index contributed by atoms with van der Waals surface area (Å²) in [6, 6.07) is 0. The lowest BCUT2D eigenvalue weighted by atomic mass is 9.98. The van der Waals surface area contributed by atoms with Crippen LogP contribution in [0.25, 0.3) is 0 Å². The minimum Gasteiger partial charge on any atom is -0.102 e. The second-order valence-electron chi connectivity index (χ2n) is 4.20. The van der Waals surface area contributed by atoms with Gasteiger partial charge in [0.25, 0.3) is 0 Å². The Bertz CT molecular complexity index is 157. The van der Waals surface area contributed by atoms with Crippen LogP contribution in [0.15, 0.2) is 0 Å². The van der Waals surface area contributed by atoms with Gasteiger partial charge in [-0.25, -0.2) is 0 Å². The maximum absolute atomic E-state index is 3.24. The zero-order valence-corrected chi connectivity index (χ0v) is 7.20. The van der Waals surface area contributed by atoms with Gasteiger partial charge in [0.05, 0.1) is 0 Å². The van der Waals surface area contributed by atoms with Crippen LogP contribution in [0.1, 0.15) is 40.0 Å². The highest BCUT2D eigenvalue weighted by molar-refractivity contribution is 5.08. The van der Waals surface area contributed by atoms with E-state index in [4.69, 9.17) is 0 Å². The fraction of sp³-hybridized carbons (Fsp3) is 0.800. The van der Waals surface area contributed by atoms with Gasteiger partial charge < -0.3 is 0 Å². The molecule has 0 aliphatic heterocycles.